The van der Waals surface area contributed by atoms with Crippen LogP contribution < -0.4 is 9.64 Å². The third-order valence-electron chi connectivity index (χ3n) is 4.49. The van der Waals surface area contributed by atoms with Gasteiger partial charge in [0.1, 0.15) is 5.75 Å². The summed E-state index contributed by atoms with van der Waals surface area (Å²) in [6.07, 6.45) is 0. The third kappa shape index (κ3) is 3.04. The maximum absolute atomic E-state index is 11.0. The summed E-state index contributed by atoms with van der Waals surface area (Å²) in [4.78, 5) is 15.1. The zero-order valence-corrected chi connectivity index (χ0v) is 14.2. The number of fused-ring (bicyclic) bond motifs is 1. The fraction of sp³-hybridized carbons (Fsp3) is 0.294. The number of hydrogen-bond donors (Lipinski definition) is 0. The monoisotopic (exact) mass is 355 g/mol. The van der Waals surface area contributed by atoms with E-state index in [0.29, 0.717) is 11.5 Å². The number of rotatable bonds is 4. The van der Waals surface area contributed by atoms with Gasteiger partial charge in [-0.05, 0) is 47.7 Å². The van der Waals surface area contributed by atoms with E-state index in [-0.39, 0.29) is 16.7 Å². The fourth-order valence-corrected chi connectivity index (χ4v) is 2.98. The summed E-state index contributed by atoms with van der Waals surface area (Å²) in [7, 11) is 2.12. The Morgan fingerprint density at radius 2 is 1.73 bits per heavy atom. The molecule has 134 valence electrons. The van der Waals surface area contributed by atoms with Crippen LogP contribution in [0.15, 0.2) is 41.0 Å². The lowest BCUT2D eigenvalue weighted by Crippen LogP contribution is -2.44. The molecular weight excluding hydrogens is 338 g/mol. The van der Waals surface area contributed by atoms with Gasteiger partial charge < -0.3 is 14.5 Å². The van der Waals surface area contributed by atoms with Gasteiger partial charge in [-0.15, -0.1) is 0 Å². The van der Waals surface area contributed by atoms with Crippen molar-refractivity contribution in [1.29, 1.82) is 0 Å². The molecule has 2 heterocycles. The largest absolute Gasteiger partial charge is 0.455 e. The molecular formula is C17H17N5O4. The van der Waals surface area contributed by atoms with Gasteiger partial charge >= 0.3 is 5.69 Å². The van der Waals surface area contributed by atoms with E-state index in [1.807, 2.05) is 24.3 Å². The number of nitro groups is 1. The van der Waals surface area contributed by atoms with E-state index in [1.165, 1.54) is 12.1 Å². The number of nitro benzene ring substituents is 1. The standard InChI is InChI=1S/C17H17N5O4/c1-20-8-10-21(11-9-20)12-2-4-13(5-3-12)25-15-7-6-14(22(23)24)16-17(15)19-26-18-16/h2-7H,8-11H2,1H3. The van der Waals surface area contributed by atoms with Crippen molar-refractivity contribution in [3.8, 4) is 11.5 Å². The maximum Gasteiger partial charge on any atom is 0.301 e. The van der Waals surface area contributed by atoms with E-state index in [2.05, 4.69) is 31.8 Å². The summed E-state index contributed by atoms with van der Waals surface area (Å²) >= 11 is 0. The summed E-state index contributed by atoms with van der Waals surface area (Å²) in [5.74, 6) is 0.972. The highest BCUT2D eigenvalue weighted by Gasteiger charge is 2.21. The van der Waals surface area contributed by atoms with E-state index >= 15 is 0 Å². The molecule has 0 N–H and O–H groups in total. The first-order chi connectivity index (χ1) is 12.6. The van der Waals surface area contributed by atoms with Crippen LogP contribution in [-0.4, -0.2) is 53.4 Å². The fourth-order valence-electron chi connectivity index (χ4n) is 2.98. The van der Waals surface area contributed by atoms with Crippen LogP contribution >= 0.6 is 0 Å². The van der Waals surface area contributed by atoms with Crippen LogP contribution in [0.25, 0.3) is 11.0 Å². The van der Waals surface area contributed by atoms with Crippen LogP contribution in [0.1, 0.15) is 0 Å². The van der Waals surface area contributed by atoms with Crippen LogP contribution in [0.4, 0.5) is 11.4 Å². The van der Waals surface area contributed by atoms with Crippen molar-refractivity contribution in [3.63, 3.8) is 0 Å². The molecule has 1 saturated heterocycles. The first-order valence-electron chi connectivity index (χ1n) is 8.23. The average molecular weight is 355 g/mol. The Balaban J connectivity index is 1.55. The van der Waals surface area contributed by atoms with Gasteiger partial charge in [0.2, 0.25) is 5.52 Å². The number of anilines is 1. The molecule has 9 heteroatoms. The molecule has 4 rings (SSSR count). The van der Waals surface area contributed by atoms with Crippen LogP contribution in [0, 0.1) is 10.1 Å². The van der Waals surface area contributed by atoms with E-state index in [9.17, 15) is 10.1 Å². The van der Waals surface area contributed by atoms with E-state index in [0.717, 1.165) is 31.9 Å². The second kappa shape index (κ2) is 6.60. The number of non-ortho nitro benzene ring substituents is 1. The van der Waals surface area contributed by atoms with Crippen LogP contribution in [0.2, 0.25) is 0 Å². The highest BCUT2D eigenvalue weighted by Crippen LogP contribution is 2.33. The number of hydrogen-bond acceptors (Lipinski definition) is 8. The van der Waals surface area contributed by atoms with E-state index in [4.69, 9.17) is 4.74 Å². The van der Waals surface area contributed by atoms with Crippen LogP contribution in [-0.2, 0) is 0 Å². The highest BCUT2D eigenvalue weighted by molar-refractivity contribution is 5.88. The first-order valence-corrected chi connectivity index (χ1v) is 8.23. The van der Waals surface area contributed by atoms with Gasteiger partial charge in [0.25, 0.3) is 0 Å². The summed E-state index contributed by atoms with van der Waals surface area (Å²) in [6.45, 7) is 4.06. The minimum absolute atomic E-state index is 0.0709. The number of benzene rings is 2. The molecule has 1 aliphatic rings. The average Bonchev–Trinajstić information content (AvgIpc) is 3.13. The third-order valence-corrected chi connectivity index (χ3v) is 4.49. The molecule has 9 nitrogen and oxygen atoms in total. The number of nitrogens with zero attached hydrogens (tertiary/aromatic N) is 5. The summed E-state index contributed by atoms with van der Waals surface area (Å²) in [5, 5.41) is 18.4. The minimum Gasteiger partial charge on any atom is -0.455 e. The number of aromatic nitrogens is 2. The maximum atomic E-state index is 11.0. The van der Waals surface area contributed by atoms with Gasteiger partial charge in [0.05, 0.1) is 4.92 Å². The van der Waals surface area contributed by atoms with Crippen LogP contribution in [0.5, 0.6) is 11.5 Å². The molecule has 1 aliphatic heterocycles. The lowest BCUT2D eigenvalue weighted by molar-refractivity contribution is -0.383. The molecule has 0 radical (unpaired) electrons. The molecule has 2 aromatic carbocycles. The zero-order chi connectivity index (χ0) is 18.1. The molecule has 0 unspecified atom stereocenters. The predicted molar refractivity (Wildman–Crippen MR) is 94.7 cm³/mol. The topological polar surface area (TPSA) is 97.8 Å². The Morgan fingerprint density at radius 3 is 2.42 bits per heavy atom. The van der Waals surface area contributed by atoms with Gasteiger partial charge in [0.15, 0.2) is 11.3 Å². The first kappa shape index (κ1) is 16.3. The highest BCUT2D eigenvalue weighted by atomic mass is 16.6. The molecule has 1 aromatic heterocycles. The Kier molecular flexibility index (Phi) is 4.13. The van der Waals surface area contributed by atoms with Gasteiger partial charge in [0, 0.05) is 37.9 Å². The Hall–Kier alpha value is -3.20. The molecule has 0 spiro atoms. The van der Waals surface area contributed by atoms with Crippen LogP contribution in [0.3, 0.4) is 0 Å². The molecule has 3 aromatic rings. The van der Waals surface area contributed by atoms with Gasteiger partial charge in [-0.1, -0.05) is 0 Å². The SMILES string of the molecule is CN1CCN(c2ccc(Oc3ccc([N+](=O)[O-])c4nonc34)cc2)CC1. The smallest absolute Gasteiger partial charge is 0.301 e. The summed E-state index contributed by atoms with van der Waals surface area (Å²) < 4.78 is 10.5. The van der Waals surface area contributed by atoms with E-state index < -0.39 is 4.92 Å². The lowest BCUT2D eigenvalue weighted by atomic mass is 10.2. The molecule has 0 aliphatic carbocycles. The molecule has 0 amide bonds. The van der Waals surface area contributed by atoms with Gasteiger partial charge in [-0.25, -0.2) is 4.63 Å². The number of likely N-dealkylation sites (N-methyl/N-ethyl adjacent to an activating group) is 1. The van der Waals surface area contributed by atoms with Crippen molar-refractivity contribution in [1.82, 2.24) is 15.2 Å². The second-order valence-electron chi connectivity index (χ2n) is 6.19. The normalized spacial score (nSPS) is 15.3. The second-order valence-corrected chi connectivity index (χ2v) is 6.19. The van der Waals surface area contributed by atoms with Gasteiger partial charge in [-0.2, -0.15) is 0 Å². The van der Waals surface area contributed by atoms with Crippen molar-refractivity contribution in [3.05, 3.63) is 46.5 Å². The lowest BCUT2D eigenvalue weighted by Gasteiger charge is -2.34. The quantitative estimate of drug-likeness (QED) is 0.520. The summed E-state index contributed by atoms with van der Waals surface area (Å²) in [6, 6.07) is 10.6. The van der Waals surface area contributed by atoms with Crippen molar-refractivity contribution in [2.75, 3.05) is 38.1 Å². The van der Waals surface area contributed by atoms with Gasteiger partial charge in [-0.3, -0.25) is 10.1 Å². The Labute approximate surface area is 148 Å². The Bertz CT molecular complexity index is 932. The molecule has 26 heavy (non-hydrogen) atoms. The molecule has 1 fully saturated rings. The van der Waals surface area contributed by atoms with Crippen molar-refractivity contribution in [2.24, 2.45) is 0 Å². The number of ether oxygens (including phenoxy) is 1. The molecule has 0 atom stereocenters. The molecule has 0 bridgehead atoms. The summed E-state index contributed by atoms with van der Waals surface area (Å²) in [5.41, 5.74) is 1.27. The van der Waals surface area contributed by atoms with Crippen molar-refractivity contribution >= 4 is 22.4 Å². The van der Waals surface area contributed by atoms with Crippen molar-refractivity contribution in [2.45, 2.75) is 0 Å². The van der Waals surface area contributed by atoms with Crippen molar-refractivity contribution < 1.29 is 14.3 Å². The minimum atomic E-state index is -0.527. The zero-order valence-electron chi connectivity index (χ0n) is 14.2. The Morgan fingerprint density at radius 1 is 1.04 bits per heavy atom. The predicted octanol–water partition coefficient (Wildman–Crippen LogP) is 2.68. The molecule has 0 saturated carbocycles. The number of piperazine rings is 1. The van der Waals surface area contributed by atoms with E-state index in [1.54, 1.807) is 0 Å².